The van der Waals surface area contributed by atoms with Crippen molar-refractivity contribution < 1.29 is 4.39 Å². The van der Waals surface area contributed by atoms with Crippen LogP contribution in [0.15, 0.2) is 23.3 Å². The maximum Gasteiger partial charge on any atom is 0.130 e. The van der Waals surface area contributed by atoms with E-state index >= 15 is 0 Å². The van der Waals surface area contributed by atoms with Crippen LogP contribution in [0.4, 0.5) is 10.1 Å². The Bertz CT molecular complexity index is 448. The second-order valence-electron chi connectivity index (χ2n) is 3.38. The van der Waals surface area contributed by atoms with E-state index in [2.05, 4.69) is 10.0 Å². The largest absolute Gasteiger partial charge is 0.398 e. The van der Waals surface area contributed by atoms with Crippen molar-refractivity contribution in [1.82, 2.24) is 0 Å². The lowest BCUT2D eigenvalue weighted by Gasteiger charge is -2.03. The zero-order valence-corrected chi connectivity index (χ0v) is 9.02. The second kappa shape index (κ2) is 5.78. The molecule has 0 atom stereocenters. The number of nitrogens with two attached hydrogens (primary N) is 1. The highest BCUT2D eigenvalue weighted by atomic mass is 19.1. The molecule has 0 aliphatic rings. The van der Waals surface area contributed by atoms with Crippen molar-refractivity contribution in [1.29, 1.82) is 0 Å². The molecular formula is C11H13FN4. The van der Waals surface area contributed by atoms with E-state index in [-0.39, 0.29) is 5.82 Å². The lowest BCUT2D eigenvalue weighted by Crippen LogP contribution is -1.93. The fourth-order valence-corrected chi connectivity index (χ4v) is 1.22. The number of anilines is 1. The summed E-state index contributed by atoms with van der Waals surface area (Å²) in [5.41, 5.74) is 15.5. The highest BCUT2D eigenvalue weighted by molar-refractivity contribution is 5.59. The van der Waals surface area contributed by atoms with Gasteiger partial charge in [-0.2, -0.15) is 0 Å². The van der Waals surface area contributed by atoms with E-state index in [4.69, 9.17) is 11.3 Å². The summed E-state index contributed by atoms with van der Waals surface area (Å²) in [5, 5.41) is 3.37. The Morgan fingerprint density at radius 3 is 3.00 bits per heavy atom. The Kier molecular flexibility index (Phi) is 4.36. The summed E-state index contributed by atoms with van der Waals surface area (Å²) >= 11 is 0. The van der Waals surface area contributed by atoms with Gasteiger partial charge in [-0.25, -0.2) is 4.39 Å². The normalized spacial score (nSPS) is 10.4. The predicted octanol–water partition coefficient (Wildman–Crippen LogP) is 3.43. The molecule has 0 amide bonds. The van der Waals surface area contributed by atoms with Crippen LogP contribution in [-0.2, 0) is 0 Å². The van der Waals surface area contributed by atoms with Gasteiger partial charge >= 0.3 is 0 Å². The Hall–Kier alpha value is -2.00. The van der Waals surface area contributed by atoms with Gasteiger partial charge in [0.15, 0.2) is 0 Å². The van der Waals surface area contributed by atoms with Crippen LogP contribution in [0.5, 0.6) is 0 Å². The highest BCUT2D eigenvalue weighted by Crippen LogP contribution is 2.18. The van der Waals surface area contributed by atoms with Crippen molar-refractivity contribution in [2.75, 3.05) is 12.3 Å². The molecule has 0 saturated heterocycles. The molecule has 0 aliphatic heterocycles. The van der Waals surface area contributed by atoms with Gasteiger partial charge in [-0.05, 0) is 36.6 Å². The number of hydrogen-bond acceptors (Lipinski definition) is 2. The van der Waals surface area contributed by atoms with Crippen LogP contribution in [0.25, 0.3) is 16.5 Å². The van der Waals surface area contributed by atoms with Gasteiger partial charge in [0, 0.05) is 22.7 Å². The number of aryl methyl sites for hydroxylation is 1. The summed E-state index contributed by atoms with van der Waals surface area (Å²) in [6, 6.07) is 3.00. The number of nitrogen functional groups attached to an aromatic ring is 1. The van der Waals surface area contributed by atoms with Crippen LogP contribution in [0, 0.1) is 12.7 Å². The monoisotopic (exact) mass is 220 g/mol. The van der Waals surface area contributed by atoms with Crippen LogP contribution < -0.4 is 5.73 Å². The van der Waals surface area contributed by atoms with Gasteiger partial charge in [0.1, 0.15) is 5.82 Å². The second-order valence-corrected chi connectivity index (χ2v) is 3.38. The third kappa shape index (κ3) is 3.29. The molecule has 0 saturated carbocycles. The molecule has 1 aromatic carbocycles. The lowest BCUT2D eigenvalue weighted by atomic mass is 10.1. The summed E-state index contributed by atoms with van der Waals surface area (Å²) in [6.45, 7) is 2.13. The third-order valence-electron chi connectivity index (χ3n) is 2.14. The van der Waals surface area contributed by atoms with E-state index in [1.165, 1.54) is 6.07 Å². The van der Waals surface area contributed by atoms with Gasteiger partial charge in [-0.3, -0.25) is 0 Å². The van der Waals surface area contributed by atoms with E-state index < -0.39 is 0 Å². The Morgan fingerprint density at radius 1 is 1.56 bits per heavy atom. The van der Waals surface area contributed by atoms with Crippen molar-refractivity contribution in [3.05, 3.63) is 45.6 Å². The smallest absolute Gasteiger partial charge is 0.130 e. The molecule has 0 bridgehead atoms. The summed E-state index contributed by atoms with van der Waals surface area (Å²) in [7, 11) is 0. The number of rotatable bonds is 4. The molecule has 84 valence electrons. The van der Waals surface area contributed by atoms with Crippen molar-refractivity contribution in [3.8, 4) is 0 Å². The molecule has 0 heterocycles. The molecular weight excluding hydrogens is 207 g/mol. The highest BCUT2D eigenvalue weighted by Gasteiger charge is 2.01. The molecule has 0 spiro atoms. The average molecular weight is 220 g/mol. The summed E-state index contributed by atoms with van der Waals surface area (Å²) in [4.78, 5) is 2.62. The number of hydrogen-bond donors (Lipinski definition) is 1. The maximum atomic E-state index is 13.4. The number of halogens is 1. The molecule has 1 rings (SSSR count). The van der Waals surface area contributed by atoms with Crippen molar-refractivity contribution >= 4 is 11.8 Å². The first kappa shape index (κ1) is 12.1. The Morgan fingerprint density at radius 2 is 2.31 bits per heavy atom. The van der Waals surface area contributed by atoms with Crippen LogP contribution in [0.3, 0.4) is 0 Å². The number of benzene rings is 1. The predicted molar refractivity (Wildman–Crippen MR) is 63.2 cm³/mol. The lowest BCUT2D eigenvalue weighted by molar-refractivity contribution is 0.624. The summed E-state index contributed by atoms with van der Waals surface area (Å²) in [5.74, 6) is -0.299. The standard InChI is InChI=1S/C11H13FN4/c1-8-6-10(12)9(7-11(8)13)4-2-3-5-15-16-14/h2,4,6-7H,3,5,13H2,1H3. The minimum atomic E-state index is -0.299. The first-order valence-corrected chi connectivity index (χ1v) is 4.88. The van der Waals surface area contributed by atoms with E-state index in [1.54, 1.807) is 25.1 Å². The van der Waals surface area contributed by atoms with E-state index in [0.29, 0.717) is 24.2 Å². The molecule has 0 aromatic heterocycles. The van der Waals surface area contributed by atoms with E-state index in [9.17, 15) is 4.39 Å². The van der Waals surface area contributed by atoms with Gasteiger partial charge in [-0.1, -0.05) is 17.3 Å². The molecule has 0 radical (unpaired) electrons. The van der Waals surface area contributed by atoms with Gasteiger partial charge in [-0.15, -0.1) is 0 Å². The Balaban J connectivity index is 2.73. The minimum Gasteiger partial charge on any atom is -0.398 e. The molecule has 1 aromatic rings. The molecule has 16 heavy (non-hydrogen) atoms. The summed E-state index contributed by atoms with van der Waals surface area (Å²) < 4.78 is 13.4. The van der Waals surface area contributed by atoms with Gasteiger partial charge in [0.25, 0.3) is 0 Å². The average Bonchev–Trinajstić information content (AvgIpc) is 2.25. The fourth-order valence-electron chi connectivity index (χ4n) is 1.22. The zero-order chi connectivity index (χ0) is 12.0. The van der Waals surface area contributed by atoms with Crippen LogP contribution in [0.2, 0.25) is 0 Å². The Labute approximate surface area is 93.2 Å². The maximum absolute atomic E-state index is 13.4. The quantitative estimate of drug-likeness (QED) is 0.272. The van der Waals surface area contributed by atoms with Gasteiger partial charge < -0.3 is 5.73 Å². The van der Waals surface area contributed by atoms with Crippen molar-refractivity contribution in [2.45, 2.75) is 13.3 Å². The fraction of sp³-hybridized carbons (Fsp3) is 0.273. The first-order chi connectivity index (χ1) is 7.65. The topological polar surface area (TPSA) is 74.8 Å². The number of azide groups is 1. The minimum absolute atomic E-state index is 0.299. The zero-order valence-electron chi connectivity index (χ0n) is 9.02. The van der Waals surface area contributed by atoms with Crippen LogP contribution >= 0.6 is 0 Å². The van der Waals surface area contributed by atoms with Gasteiger partial charge in [0.05, 0.1) is 0 Å². The molecule has 5 heteroatoms. The molecule has 0 aliphatic carbocycles. The third-order valence-corrected chi connectivity index (χ3v) is 2.14. The SMILES string of the molecule is Cc1cc(F)c(C=CCCN=[N+]=[N-])cc1N. The molecule has 0 fully saturated rings. The molecule has 0 unspecified atom stereocenters. The van der Waals surface area contributed by atoms with Crippen LogP contribution in [0.1, 0.15) is 17.5 Å². The van der Waals surface area contributed by atoms with Crippen LogP contribution in [-0.4, -0.2) is 6.54 Å². The first-order valence-electron chi connectivity index (χ1n) is 4.88. The van der Waals surface area contributed by atoms with E-state index in [0.717, 1.165) is 5.56 Å². The van der Waals surface area contributed by atoms with Crippen molar-refractivity contribution in [3.63, 3.8) is 0 Å². The molecule has 2 N–H and O–H groups in total. The van der Waals surface area contributed by atoms with Gasteiger partial charge in [0.2, 0.25) is 0 Å². The molecule has 4 nitrogen and oxygen atoms in total. The number of nitrogens with zero attached hydrogens (tertiary/aromatic N) is 3. The summed E-state index contributed by atoms with van der Waals surface area (Å²) in [6.07, 6.45) is 3.97. The van der Waals surface area contributed by atoms with Crippen molar-refractivity contribution in [2.24, 2.45) is 5.11 Å². The van der Waals surface area contributed by atoms with E-state index in [1.807, 2.05) is 0 Å².